The summed E-state index contributed by atoms with van der Waals surface area (Å²) >= 11 is 0. The SMILES string of the molecule is COc1ccc(N(C)c2nc(C(C)C)nc(N)c2C)cc1. The molecule has 1 aromatic heterocycles. The Bertz CT molecular complexity index is 623. The molecule has 1 heterocycles. The van der Waals surface area contributed by atoms with Crippen molar-refractivity contribution in [3.05, 3.63) is 35.7 Å². The normalized spacial score (nSPS) is 10.8. The Balaban J connectivity index is 2.43. The maximum atomic E-state index is 6.02. The molecule has 0 aliphatic carbocycles. The zero-order valence-corrected chi connectivity index (χ0v) is 13.2. The molecule has 0 bridgehead atoms. The number of benzene rings is 1. The van der Waals surface area contributed by atoms with Crippen LogP contribution in [0, 0.1) is 6.92 Å². The summed E-state index contributed by atoms with van der Waals surface area (Å²) in [5, 5.41) is 0. The molecule has 0 unspecified atom stereocenters. The van der Waals surface area contributed by atoms with Crippen LogP contribution in [0.1, 0.15) is 31.2 Å². The van der Waals surface area contributed by atoms with Gasteiger partial charge < -0.3 is 15.4 Å². The second-order valence-electron chi connectivity index (χ2n) is 5.33. The van der Waals surface area contributed by atoms with Gasteiger partial charge in [0.15, 0.2) is 0 Å². The third kappa shape index (κ3) is 3.07. The molecule has 0 radical (unpaired) electrons. The second kappa shape index (κ2) is 5.99. The number of rotatable bonds is 4. The molecule has 21 heavy (non-hydrogen) atoms. The molecule has 112 valence electrons. The predicted octanol–water partition coefficient (Wildman–Crippen LogP) is 3.27. The average Bonchev–Trinajstić information content (AvgIpc) is 2.49. The first-order valence-corrected chi connectivity index (χ1v) is 6.95. The fraction of sp³-hybridized carbons (Fsp3) is 0.375. The van der Waals surface area contributed by atoms with Crippen molar-refractivity contribution in [2.24, 2.45) is 0 Å². The molecule has 0 atom stereocenters. The summed E-state index contributed by atoms with van der Waals surface area (Å²) < 4.78 is 5.18. The highest BCUT2D eigenvalue weighted by molar-refractivity contribution is 5.66. The number of ether oxygens (including phenoxy) is 1. The Kier molecular flexibility index (Phi) is 4.31. The molecule has 2 aromatic rings. The van der Waals surface area contributed by atoms with Gasteiger partial charge in [0.1, 0.15) is 23.2 Å². The van der Waals surface area contributed by atoms with Crippen LogP contribution in [0.4, 0.5) is 17.3 Å². The number of nitrogens with two attached hydrogens (primary N) is 1. The Morgan fingerprint density at radius 3 is 2.29 bits per heavy atom. The maximum absolute atomic E-state index is 6.02. The van der Waals surface area contributed by atoms with Crippen LogP contribution in [0.25, 0.3) is 0 Å². The molecular formula is C16H22N4O. The van der Waals surface area contributed by atoms with E-state index in [0.717, 1.165) is 28.6 Å². The lowest BCUT2D eigenvalue weighted by Crippen LogP contribution is -2.16. The van der Waals surface area contributed by atoms with Gasteiger partial charge in [0.05, 0.1) is 7.11 Å². The van der Waals surface area contributed by atoms with Gasteiger partial charge in [0.2, 0.25) is 0 Å². The van der Waals surface area contributed by atoms with E-state index in [1.807, 2.05) is 43.1 Å². The van der Waals surface area contributed by atoms with Gasteiger partial charge in [-0.3, -0.25) is 0 Å². The van der Waals surface area contributed by atoms with Gasteiger partial charge in [-0.15, -0.1) is 0 Å². The van der Waals surface area contributed by atoms with Crippen LogP contribution < -0.4 is 15.4 Å². The molecule has 0 fully saturated rings. The topological polar surface area (TPSA) is 64.3 Å². The molecule has 0 spiro atoms. The van der Waals surface area contributed by atoms with E-state index in [9.17, 15) is 0 Å². The summed E-state index contributed by atoms with van der Waals surface area (Å²) in [4.78, 5) is 11.0. The van der Waals surface area contributed by atoms with Gasteiger partial charge in [-0.2, -0.15) is 0 Å². The number of hydrogen-bond donors (Lipinski definition) is 1. The van der Waals surface area contributed by atoms with Crippen molar-refractivity contribution in [2.45, 2.75) is 26.7 Å². The Hall–Kier alpha value is -2.30. The predicted molar refractivity (Wildman–Crippen MR) is 86.3 cm³/mol. The van der Waals surface area contributed by atoms with Gasteiger partial charge in [0, 0.05) is 24.2 Å². The lowest BCUT2D eigenvalue weighted by molar-refractivity contribution is 0.415. The summed E-state index contributed by atoms with van der Waals surface area (Å²) in [5.74, 6) is 3.18. The van der Waals surface area contributed by atoms with E-state index < -0.39 is 0 Å². The third-order valence-electron chi connectivity index (χ3n) is 3.47. The van der Waals surface area contributed by atoms with Crippen molar-refractivity contribution in [1.82, 2.24) is 9.97 Å². The number of nitrogen functional groups attached to an aromatic ring is 1. The Morgan fingerprint density at radius 1 is 1.14 bits per heavy atom. The summed E-state index contributed by atoms with van der Waals surface area (Å²) in [6, 6.07) is 7.83. The fourth-order valence-electron chi connectivity index (χ4n) is 2.05. The minimum absolute atomic E-state index is 0.232. The Morgan fingerprint density at radius 2 is 1.76 bits per heavy atom. The van der Waals surface area contributed by atoms with E-state index in [0.29, 0.717) is 5.82 Å². The fourth-order valence-corrected chi connectivity index (χ4v) is 2.05. The van der Waals surface area contributed by atoms with E-state index in [2.05, 4.69) is 23.8 Å². The largest absolute Gasteiger partial charge is 0.497 e. The van der Waals surface area contributed by atoms with Gasteiger partial charge in [-0.25, -0.2) is 9.97 Å². The molecule has 0 saturated heterocycles. The van der Waals surface area contributed by atoms with Crippen molar-refractivity contribution >= 4 is 17.3 Å². The molecule has 5 nitrogen and oxygen atoms in total. The molecule has 0 aliphatic heterocycles. The smallest absolute Gasteiger partial charge is 0.141 e. The molecule has 0 aliphatic rings. The molecule has 2 N–H and O–H groups in total. The van der Waals surface area contributed by atoms with Crippen LogP contribution in [0.5, 0.6) is 5.75 Å². The van der Waals surface area contributed by atoms with Crippen molar-refractivity contribution in [2.75, 3.05) is 24.8 Å². The standard InChI is InChI=1S/C16H22N4O/c1-10(2)15-18-14(17)11(3)16(19-15)20(4)12-6-8-13(21-5)9-7-12/h6-10H,1-5H3,(H2,17,18,19). The molecular weight excluding hydrogens is 264 g/mol. The summed E-state index contributed by atoms with van der Waals surface area (Å²) in [7, 11) is 3.63. The number of aromatic nitrogens is 2. The van der Waals surface area contributed by atoms with Gasteiger partial charge >= 0.3 is 0 Å². The molecule has 2 rings (SSSR count). The molecule has 0 saturated carbocycles. The average molecular weight is 286 g/mol. The van der Waals surface area contributed by atoms with Crippen LogP contribution in [0.3, 0.4) is 0 Å². The highest BCUT2D eigenvalue weighted by Crippen LogP contribution is 2.29. The lowest BCUT2D eigenvalue weighted by Gasteiger charge is -2.22. The number of methoxy groups -OCH3 is 1. The first-order chi connectivity index (χ1) is 9.93. The monoisotopic (exact) mass is 286 g/mol. The van der Waals surface area contributed by atoms with E-state index >= 15 is 0 Å². The number of nitrogens with zero attached hydrogens (tertiary/aromatic N) is 3. The van der Waals surface area contributed by atoms with Crippen molar-refractivity contribution in [3.8, 4) is 5.75 Å². The first kappa shape index (κ1) is 15.1. The van der Waals surface area contributed by atoms with E-state index in [4.69, 9.17) is 10.5 Å². The third-order valence-corrected chi connectivity index (χ3v) is 3.47. The van der Waals surface area contributed by atoms with Crippen LogP contribution in [0.15, 0.2) is 24.3 Å². The van der Waals surface area contributed by atoms with E-state index in [1.165, 1.54) is 0 Å². The zero-order valence-electron chi connectivity index (χ0n) is 13.2. The van der Waals surface area contributed by atoms with Crippen LogP contribution in [-0.2, 0) is 0 Å². The summed E-state index contributed by atoms with van der Waals surface area (Å²) in [5.41, 5.74) is 7.93. The first-order valence-electron chi connectivity index (χ1n) is 6.95. The lowest BCUT2D eigenvalue weighted by atomic mass is 10.2. The molecule has 1 aromatic carbocycles. The highest BCUT2D eigenvalue weighted by Gasteiger charge is 2.15. The molecule has 0 amide bonds. The second-order valence-corrected chi connectivity index (χ2v) is 5.33. The van der Waals surface area contributed by atoms with Crippen molar-refractivity contribution < 1.29 is 4.74 Å². The van der Waals surface area contributed by atoms with Gasteiger partial charge in [-0.1, -0.05) is 13.8 Å². The van der Waals surface area contributed by atoms with Crippen LogP contribution in [0.2, 0.25) is 0 Å². The van der Waals surface area contributed by atoms with Gasteiger partial charge in [0.25, 0.3) is 0 Å². The van der Waals surface area contributed by atoms with E-state index in [-0.39, 0.29) is 5.92 Å². The van der Waals surface area contributed by atoms with Crippen LogP contribution >= 0.6 is 0 Å². The van der Waals surface area contributed by atoms with Crippen LogP contribution in [-0.4, -0.2) is 24.1 Å². The van der Waals surface area contributed by atoms with Gasteiger partial charge in [-0.05, 0) is 31.2 Å². The number of anilines is 3. The maximum Gasteiger partial charge on any atom is 0.141 e. The zero-order chi connectivity index (χ0) is 15.6. The highest BCUT2D eigenvalue weighted by atomic mass is 16.5. The summed E-state index contributed by atoms with van der Waals surface area (Å²) in [6.45, 7) is 6.05. The van der Waals surface area contributed by atoms with Crippen molar-refractivity contribution in [3.63, 3.8) is 0 Å². The number of hydrogen-bond acceptors (Lipinski definition) is 5. The Labute approximate surface area is 125 Å². The quantitative estimate of drug-likeness (QED) is 0.934. The minimum Gasteiger partial charge on any atom is -0.497 e. The van der Waals surface area contributed by atoms with E-state index in [1.54, 1.807) is 7.11 Å². The minimum atomic E-state index is 0.232. The van der Waals surface area contributed by atoms with Crippen molar-refractivity contribution in [1.29, 1.82) is 0 Å². The summed E-state index contributed by atoms with van der Waals surface area (Å²) in [6.07, 6.45) is 0. The molecule has 5 heteroatoms.